The Morgan fingerprint density at radius 3 is 2.45 bits per heavy atom. The lowest BCUT2D eigenvalue weighted by molar-refractivity contribution is -0.231. The van der Waals surface area contributed by atoms with Gasteiger partial charge < -0.3 is 34.6 Å². The van der Waals surface area contributed by atoms with E-state index in [0.29, 0.717) is 23.6 Å². The molecule has 0 saturated carbocycles. The Kier molecular flexibility index (Phi) is 7.13. The van der Waals surface area contributed by atoms with Crippen LogP contribution in [0.2, 0.25) is 5.02 Å². The first kappa shape index (κ1) is 22.5. The molecule has 0 amide bonds. The highest BCUT2D eigenvalue weighted by Gasteiger charge is 2.44. The average Bonchev–Trinajstić information content (AvgIpc) is 3.28. The largest absolute Gasteiger partial charge is 0.488 e. The van der Waals surface area contributed by atoms with Crippen molar-refractivity contribution in [3.8, 4) is 5.75 Å². The normalized spacial score (nSPS) is 31.0. The highest BCUT2D eigenvalue weighted by atomic mass is 35.5. The zero-order valence-electron chi connectivity index (χ0n) is 16.9. The van der Waals surface area contributed by atoms with Crippen LogP contribution < -0.4 is 4.74 Å². The molecule has 4 rings (SSSR count). The van der Waals surface area contributed by atoms with Crippen LogP contribution in [0.15, 0.2) is 42.5 Å². The van der Waals surface area contributed by atoms with Crippen molar-refractivity contribution in [2.24, 2.45) is 0 Å². The number of aliphatic hydroxyl groups is 4. The van der Waals surface area contributed by atoms with E-state index in [1.807, 2.05) is 30.3 Å². The lowest BCUT2D eigenvalue weighted by atomic mass is 9.90. The molecule has 0 radical (unpaired) electrons. The molecular formula is C23H27ClO7. The van der Waals surface area contributed by atoms with Gasteiger partial charge in [-0.15, -0.1) is 0 Å². The van der Waals surface area contributed by atoms with E-state index in [2.05, 4.69) is 0 Å². The zero-order valence-corrected chi connectivity index (χ0v) is 17.7. The lowest BCUT2D eigenvalue weighted by Gasteiger charge is -2.40. The fourth-order valence-electron chi connectivity index (χ4n) is 3.99. The summed E-state index contributed by atoms with van der Waals surface area (Å²) in [6.07, 6.45) is -4.46. The van der Waals surface area contributed by atoms with E-state index in [1.165, 1.54) is 0 Å². The first-order chi connectivity index (χ1) is 15.0. The summed E-state index contributed by atoms with van der Waals surface area (Å²) in [7, 11) is 0. The highest BCUT2D eigenvalue weighted by molar-refractivity contribution is 6.31. The minimum Gasteiger partial charge on any atom is -0.488 e. The van der Waals surface area contributed by atoms with Gasteiger partial charge in [-0.1, -0.05) is 35.9 Å². The first-order valence-corrected chi connectivity index (χ1v) is 10.8. The van der Waals surface area contributed by atoms with Gasteiger partial charge in [-0.25, -0.2) is 0 Å². The predicted octanol–water partition coefficient (Wildman–Crippen LogP) is 1.61. The van der Waals surface area contributed by atoms with Gasteiger partial charge in [0.1, 0.15) is 42.4 Å². The number of ether oxygens (including phenoxy) is 3. The topological polar surface area (TPSA) is 109 Å². The van der Waals surface area contributed by atoms with Crippen molar-refractivity contribution in [2.75, 3.05) is 19.8 Å². The summed E-state index contributed by atoms with van der Waals surface area (Å²) in [5.41, 5.74) is 2.47. The van der Waals surface area contributed by atoms with E-state index < -0.39 is 37.1 Å². The summed E-state index contributed by atoms with van der Waals surface area (Å²) in [6.45, 7) is 0.872. The van der Waals surface area contributed by atoms with E-state index in [-0.39, 0.29) is 6.10 Å². The van der Waals surface area contributed by atoms with E-state index in [1.54, 1.807) is 12.1 Å². The van der Waals surface area contributed by atoms with Crippen molar-refractivity contribution in [1.29, 1.82) is 0 Å². The maximum absolute atomic E-state index is 10.4. The van der Waals surface area contributed by atoms with E-state index in [0.717, 1.165) is 29.9 Å². The van der Waals surface area contributed by atoms with Crippen LogP contribution in [0.25, 0.3) is 0 Å². The molecule has 2 saturated heterocycles. The van der Waals surface area contributed by atoms with Crippen LogP contribution in [-0.4, -0.2) is 70.8 Å². The molecule has 1 unspecified atom stereocenters. The van der Waals surface area contributed by atoms with Gasteiger partial charge in [0.2, 0.25) is 0 Å². The van der Waals surface area contributed by atoms with Gasteiger partial charge in [-0.3, -0.25) is 0 Å². The monoisotopic (exact) mass is 450 g/mol. The first-order valence-electron chi connectivity index (χ1n) is 10.4. The molecule has 0 aliphatic carbocycles. The quantitative estimate of drug-likeness (QED) is 0.529. The second-order valence-electron chi connectivity index (χ2n) is 8.02. The van der Waals surface area contributed by atoms with Crippen molar-refractivity contribution in [2.45, 2.75) is 49.5 Å². The number of rotatable bonds is 6. The Labute approximate surface area is 185 Å². The van der Waals surface area contributed by atoms with Crippen molar-refractivity contribution in [3.05, 3.63) is 64.2 Å². The third-order valence-corrected chi connectivity index (χ3v) is 6.17. The summed E-state index contributed by atoms with van der Waals surface area (Å²) in [4.78, 5) is 0. The smallest absolute Gasteiger partial charge is 0.124 e. The van der Waals surface area contributed by atoms with Gasteiger partial charge in [-0.2, -0.15) is 0 Å². The van der Waals surface area contributed by atoms with Gasteiger partial charge >= 0.3 is 0 Å². The Hall–Kier alpha value is -1.71. The second kappa shape index (κ2) is 9.83. The highest BCUT2D eigenvalue weighted by Crippen LogP contribution is 2.34. The maximum atomic E-state index is 10.4. The minimum absolute atomic E-state index is 0.0931. The van der Waals surface area contributed by atoms with Gasteiger partial charge in [0, 0.05) is 11.4 Å². The van der Waals surface area contributed by atoms with E-state index >= 15 is 0 Å². The number of halogens is 1. The number of aliphatic hydroxyl groups excluding tert-OH is 4. The standard InChI is InChI=1S/C23H27ClO7/c24-18-6-3-14(23-22(28)21(27)20(26)19(11-25)31-23)10-15(18)9-13-1-4-16(5-2-13)30-17-7-8-29-12-17/h1-6,10,17,19-23,25-28H,7-9,11-12H2/t17?,19-,20-,21+,22-,23+/m1/s1. The molecule has 7 nitrogen and oxygen atoms in total. The predicted molar refractivity (Wildman–Crippen MR) is 113 cm³/mol. The van der Waals surface area contributed by atoms with Crippen molar-refractivity contribution >= 4 is 11.6 Å². The molecule has 0 spiro atoms. The molecule has 2 aromatic carbocycles. The van der Waals surface area contributed by atoms with Crippen LogP contribution in [0.4, 0.5) is 0 Å². The Bertz CT molecular complexity index is 867. The summed E-state index contributed by atoms with van der Waals surface area (Å²) < 4.78 is 16.9. The molecule has 8 heteroatoms. The summed E-state index contributed by atoms with van der Waals surface area (Å²) in [5, 5.41) is 40.5. The van der Waals surface area contributed by atoms with Crippen LogP contribution in [0, 0.1) is 0 Å². The zero-order chi connectivity index (χ0) is 22.0. The second-order valence-corrected chi connectivity index (χ2v) is 8.43. The fourth-order valence-corrected chi connectivity index (χ4v) is 4.17. The SMILES string of the molecule is OC[C@H]1O[C@@H](c2ccc(Cl)c(Cc3ccc(OC4CCOC4)cc3)c2)[C@H](O)[C@@H](O)[C@@H]1O. The van der Waals surface area contributed by atoms with Crippen LogP contribution >= 0.6 is 11.6 Å². The van der Waals surface area contributed by atoms with Gasteiger partial charge in [-0.05, 0) is 41.3 Å². The lowest BCUT2D eigenvalue weighted by Crippen LogP contribution is -2.55. The molecule has 2 fully saturated rings. The van der Waals surface area contributed by atoms with Gasteiger partial charge in [0.05, 0.1) is 19.8 Å². The molecule has 0 aromatic heterocycles. The Morgan fingerprint density at radius 1 is 1.00 bits per heavy atom. The van der Waals surface area contributed by atoms with Crippen LogP contribution in [0.5, 0.6) is 5.75 Å². The van der Waals surface area contributed by atoms with E-state index in [4.69, 9.17) is 25.8 Å². The van der Waals surface area contributed by atoms with Crippen molar-refractivity contribution < 1.29 is 34.6 Å². The van der Waals surface area contributed by atoms with E-state index in [9.17, 15) is 20.4 Å². The fraction of sp³-hybridized carbons (Fsp3) is 0.478. The summed E-state index contributed by atoms with van der Waals surface area (Å²) in [6, 6.07) is 13.0. The maximum Gasteiger partial charge on any atom is 0.124 e. The van der Waals surface area contributed by atoms with Gasteiger partial charge in [0.25, 0.3) is 0 Å². The minimum atomic E-state index is -1.42. The summed E-state index contributed by atoms with van der Waals surface area (Å²) >= 11 is 6.40. The number of hydrogen-bond donors (Lipinski definition) is 4. The van der Waals surface area contributed by atoms with Crippen molar-refractivity contribution in [3.63, 3.8) is 0 Å². The molecule has 2 aromatic rings. The van der Waals surface area contributed by atoms with Crippen LogP contribution in [0.3, 0.4) is 0 Å². The molecule has 2 aliphatic heterocycles. The van der Waals surface area contributed by atoms with Crippen molar-refractivity contribution in [1.82, 2.24) is 0 Å². The third-order valence-electron chi connectivity index (χ3n) is 5.80. The molecule has 31 heavy (non-hydrogen) atoms. The molecule has 168 valence electrons. The number of benzene rings is 2. The van der Waals surface area contributed by atoms with Crippen LogP contribution in [0.1, 0.15) is 29.2 Å². The van der Waals surface area contributed by atoms with Gasteiger partial charge in [0.15, 0.2) is 0 Å². The molecule has 4 N–H and O–H groups in total. The molecule has 2 aliphatic rings. The molecule has 2 heterocycles. The Balaban J connectivity index is 1.49. The summed E-state index contributed by atoms with van der Waals surface area (Å²) in [5.74, 6) is 0.792. The number of hydrogen-bond acceptors (Lipinski definition) is 7. The molecule has 0 bridgehead atoms. The molecule has 6 atom stereocenters. The van der Waals surface area contributed by atoms with Crippen LogP contribution in [-0.2, 0) is 15.9 Å². The average molecular weight is 451 g/mol. The third kappa shape index (κ3) is 5.04. The molecular weight excluding hydrogens is 424 g/mol. The Morgan fingerprint density at radius 2 is 1.77 bits per heavy atom.